The molecule has 1 amide bonds. The third-order valence-electron chi connectivity index (χ3n) is 5.86. The maximum Gasteiger partial charge on any atom is 0.225 e. The molecule has 2 heterocycles. The zero-order valence-corrected chi connectivity index (χ0v) is 15.8. The number of carbonyl (C=O) groups is 1. The normalized spacial score (nSPS) is 26.3. The van der Waals surface area contributed by atoms with E-state index in [9.17, 15) is 9.18 Å². The van der Waals surface area contributed by atoms with Crippen molar-refractivity contribution in [2.24, 2.45) is 16.8 Å². The highest BCUT2D eigenvalue weighted by molar-refractivity contribution is 5.98. The van der Waals surface area contributed by atoms with Gasteiger partial charge in [-0.15, -0.1) is 0 Å². The van der Waals surface area contributed by atoms with Crippen molar-refractivity contribution in [1.82, 2.24) is 10.2 Å². The molecule has 0 spiro atoms. The van der Waals surface area contributed by atoms with E-state index in [0.717, 1.165) is 70.5 Å². The molecule has 2 aliphatic heterocycles. The summed E-state index contributed by atoms with van der Waals surface area (Å²) >= 11 is 0. The second-order valence-corrected chi connectivity index (χ2v) is 7.82. The van der Waals surface area contributed by atoms with Crippen molar-refractivity contribution in [3.05, 3.63) is 24.1 Å². The first-order valence-electron chi connectivity index (χ1n) is 10.3. The van der Waals surface area contributed by atoms with E-state index < -0.39 is 0 Å². The summed E-state index contributed by atoms with van der Waals surface area (Å²) in [5, 5.41) is 3.00. The molecule has 4 nitrogen and oxygen atoms in total. The molecular formula is C21H32FN3O. The van der Waals surface area contributed by atoms with Gasteiger partial charge in [-0.1, -0.05) is 12.5 Å². The Labute approximate surface area is 156 Å². The van der Waals surface area contributed by atoms with Crippen LogP contribution in [-0.4, -0.2) is 42.8 Å². The number of piperidine rings is 1. The van der Waals surface area contributed by atoms with Crippen LogP contribution in [0.15, 0.2) is 29.0 Å². The average molecular weight is 362 g/mol. The molecule has 0 aromatic rings. The van der Waals surface area contributed by atoms with Gasteiger partial charge in [-0.05, 0) is 82.1 Å². The van der Waals surface area contributed by atoms with Crippen molar-refractivity contribution in [3.8, 4) is 0 Å². The number of rotatable bonds is 5. The van der Waals surface area contributed by atoms with Crippen LogP contribution >= 0.6 is 0 Å². The quantitative estimate of drug-likeness (QED) is 0.804. The van der Waals surface area contributed by atoms with Crippen molar-refractivity contribution >= 4 is 11.7 Å². The molecule has 0 saturated carbocycles. The number of hydrogen-bond donors (Lipinski definition) is 1. The second kappa shape index (κ2) is 10.0. The van der Waals surface area contributed by atoms with Crippen LogP contribution in [-0.2, 0) is 4.79 Å². The number of hydrogen-bond acceptors (Lipinski definition) is 3. The summed E-state index contributed by atoms with van der Waals surface area (Å²) in [5.41, 5.74) is 0. The predicted molar refractivity (Wildman–Crippen MR) is 104 cm³/mol. The first kappa shape index (κ1) is 19.3. The largest absolute Gasteiger partial charge is 0.315 e. The fraction of sp³-hybridized carbons (Fsp3) is 0.714. The molecule has 1 aliphatic carbocycles. The predicted octanol–water partition coefficient (Wildman–Crippen LogP) is 4.00. The maximum atomic E-state index is 13.1. The highest BCUT2D eigenvalue weighted by Crippen LogP contribution is 2.31. The lowest BCUT2D eigenvalue weighted by Gasteiger charge is -2.35. The van der Waals surface area contributed by atoms with Crippen molar-refractivity contribution < 1.29 is 9.18 Å². The first-order chi connectivity index (χ1) is 12.7. The van der Waals surface area contributed by atoms with Gasteiger partial charge in [0.1, 0.15) is 11.7 Å². The SMILES string of the molecule is O=C1CCCCCN=C(CCCN2CCC(C3C=CC(F)=CC3)CC2)N1. The van der Waals surface area contributed by atoms with Crippen LogP contribution < -0.4 is 5.32 Å². The van der Waals surface area contributed by atoms with E-state index in [1.54, 1.807) is 12.2 Å². The van der Waals surface area contributed by atoms with E-state index in [4.69, 9.17) is 0 Å². The Hall–Kier alpha value is -1.49. The number of likely N-dealkylation sites (tertiary alicyclic amines) is 1. The van der Waals surface area contributed by atoms with Gasteiger partial charge in [0.05, 0.1) is 0 Å². The van der Waals surface area contributed by atoms with Crippen LogP contribution in [0.1, 0.15) is 57.8 Å². The van der Waals surface area contributed by atoms with Crippen LogP contribution in [0.5, 0.6) is 0 Å². The van der Waals surface area contributed by atoms with Gasteiger partial charge in [0.2, 0.25) is 5.91 Å². The van der Waals surface area contributed by atoms with Crippen molar-refractivity contribution in [2.75, 3.05) is 26.2 Å². The Morgan fingerprint density at radius 2 is 2.08 bits per heavy atom. The van der Waals surface area contributed by atoms with E-state index in [2.05, 4.69) is 21.3 Å². The van der Waals surface area contributed by atoms with Crippen LogP contribution in [0.4, 0.5) is 4.39 Å². The monoisotopic (exact) mass is 361 g/mol. The van der Waals surface area contributed by atoms with Gasteiger partial charge in [0.25, 0.3) is 0 Å². The minimum absolute atomic E-state index is 0.0846. The summed E-state index contributed by atoms with van der Waals surface area (Å²) in [7, 11) is 0. The lowest BCUT2D eigenvalue weighted by Crippen LogP contribution is -2.37. The van der Waals surface area contributed by atoms with Gasteiger partial charge >= 0.3 is 0 Å². The van der Waals surface area contributed by atoms with Gasteiger partial charge in [0, 0.05) is 19.4 Å². The highest BCUT2D eigenvalue weighted by Gasteiger charge is 2.25. The average Bonchev–Trinajstić information content (AvgIpc) is 2.75. The topological polar surface area (TPSA) is 44.7 Å². The van der Waals surface area contributed by atoms with Gasteiger partial charge in [-0.25, -0.2) is 4.39 Å². The third kappa shape index (κ3) is 6.04. The van der Waals surface area contributed by atoms with Gasteiger partial charge in [0.15, 0.2) is 0 Å². The molecular weight excluding hydrogens is 329 g/mol. The highest BCUT2D eigenvalue weighted by atomic mass is 19.1. The zero-order chi connectivity index (χ0) is 18.2. The van der Waals surface area contributed by atoms with Crippen molar-refractivity contribution in [3.63, 3.8) is 0 Å². The number of nitrogens with one attached hydrogen (secondary N) is 1. The Kier molecular flexibility index (Phi) is 7.42. The molecule has 5 heteroatoms. The molecule has 26 heavy (non-hydrogen) atoms. The van der Waals surface area contributed by atoms with E-state index in [-0.39, 0.29) is 11.7 Å². The molecule has 3 rings (SSSR count). The van der Waals surface area contributed by atoms with Crippen LogP contribution in [0.3, 0.4) is 0 Å². The summed E-state index contributed by atoms with van der Waals surface area (Å²) in [5.74, 6) is 2.12. The lowest BCUT2D eigenvalue weighted by molar-refractivity contribution is -0.119. The summed E-state index contributed by atoms with van der Waals surface area (Å²) in [6.07, 6.45) is 14.4. The number of nitrogens with zero attached hydrogens (tertiary/aromatic N) is 2. The van der Waals surface area contributed by atoms with Crippen LogP contribution in [0.2, 0.25) is 0 Å². The summed E-state index contributed by atoms with van der Waals surface area (Å²) < 4.78 is 13.1. The molecule has 0 aromatic carbocycles. The number of amidine groups is 1. The van der Waals surface area contributed by atoms with Crippen molar-refractivity contribution in [2.45, 2.75) is 57.8 Å². The molecule has 0 bridgehead atoms. The van der Waals surface area contributed by atoms with Crippen LogP contribution in [0.25, 0.3) is 0 Å². The molecule has 0 aromatic heterocycles. The molecule has 3 aliphatic rings. The standard InChI is InChI=1S/C21H32FN3O/c22-19-9-7-17(8-10-19)18-11-15-25(16-12-18)14-4-5-20-23-13-3-1-2-6-21(26)24-20/h7,9-10,17-18H,1-6,8,11-16H2,(H,23,24,26). The number of amides is 1. The van der Waals surface area contributed by atoms with Gasteiger partial charge in [-0.3, -0.25) is 9.79 Å². The second-order valence-electron chi connectivity index (χ2n) is 7.82. The molecule has 1 fully saturated rings. The van der Waals surface area contributed by atoms with Crippen LogP contribution in [0, 0.1) is 11.8 Å². The maximum absolute atomic E-state index is 13.1. The zero-order valence-electron chi connectivity index (χ0n) is 15.8. The van der Waals surface area contributed by atoms with E-state index >= 15 is 0 Å². The smallest absolute Gasteiger partial charge is 0.225 e. The molecule has 1 unspecified atom stereocenters. The van der Waals surface area contributed by atoms with Gasteiger partial charge in [-0.2, -0.15) is 0 Å². The molecule has 1 saturated heterocycles. The molecule has 144 valence electrons. The number of halogens is 1. The lowest BCUT2D eigenvalue weighted by atomic mass is 9.80. The minimum Gasteiger partial charge on any atom is -0.315 e. The summed E-state index contributed by atoms with van der Waals surface area (Å²) in [6.45, 7) is 4.15. The van der Waals surface area contributed by atoms with Gasteiger partial charge < -0.3 is 10.2 Å². The molecule has 1 atom stereocenters. The fourth-order valence-corrected chi connectivity index (χ4v) is 4.23. The Balaban J connectivity index is 1.36. The van der Waals surface area contributed by atoms with E-state index in [0.29, 0.717) is 18.3 Å². The number of allylic oxidation sites excluding steroid dienone is 4. The van der Waals surface area contributed by atoms with Crippen molar-refractivity contribution in [1.29, 1.82) is 0 Å². The van der Waals surface area contributed by atoms with E-state index in [1.807, 2.05) is 0 Å². The van der Waals surface area contributed by atoms with E-state index in [1.165, 1.54) is 12.8 Å². The molecule has 1 N–H and O–H groups in total. The number of carbonyl (C=O) groups excluding carboxylic acids is 1. The Bertz CT molecular complexity index is 562. The minimum atomic E-state index is -0.0846. The summed E-state index contributed by atoms with van der Waals surface area (Å²) in [6, 6.07) is 0. The summed E-state index contributed by atoms with van der Waals surface area (Å²) in [4.78, 5) is 18.9. The first-order valence-corrected chi connectivity index (χ1v) is 10.3. The Morgan fingerprint density at radius 1 is 1.23 bits per heavy atom. The molecule has 0 radical (unpaired) electrons. The fourth-order valence-electron chi connectivity index (χ4n) is 4.23. The Morgan fingerprint density at radius 3 is 2.85 bits per heavy atom. The third-order valence-corrected chi connectivity index (χ3v) is 5.86. The number of aliphatic imine (C=N–C) groups is 1.